The molecule has 0 unspecified atom stereocenters. The molecule has 6 N–H and O–H groups in total. The molecule has 0 aliphatic rings. The number of hydrogen-bond acceptors (Lipinski definition) is 5. The highest BCUT2D eigenvalue weighted by molar-refractivity contribution is 7.99. The van der Waals surface area contributed by atoms with Gasteiger partial charge in [-0.2, -0.15) is 11.8 Å². The molecule has 0 saturated carbocycles. The van der Waals surface area contributed by atoms with E-state index in [2.05, 4.69) is 22.4 Å². The maximum atomic E-state index is 5.41. The van der Waals surface area contributed by atoms with Crippen LogP contribution >= 0.6 is 11.8 Å². The summed E-state index contributed by atoms with van der Waals surface area (Å²) in [5, 5.41) is 6.79. The van der Waals surface area contributed by atoms with Crippen LogP contribution in [0.4, 0.5) is 0 Å². The molecule has 17 heavy (non-hydrogen) atoms. The number of nitrogens with two attached hydrogens (primary N) is 2. The van der Waals surface area contributed by atoms with E-state index in [1.165, 1.54) is 24.3 Å². The first kappa shape index (κ1) is 17.2. The van der Waals surface area contributed by atoms with Crippen molar-refractivity contribution in [2.24, 2.45) is 11.5 Å². The van der Waals surface area contributed by atoms with Crippen LogP contribution in [-0.4, -0.2) is 50.8 Å². The quantitative estimate of drug-likeness (QED) is 0.341. The van der Waals surface area contributed by atoms with E-state index in [-0.39, 0.29) is 0 Å². The molecule has 0 rings (SSSR count). The monoisotopic (exact) mass is 262 g/mol. The van der Waals surface area contributed by atoms with Crippen molar-refractivity contribution >= 4 is 11.8 Å². The summed E-state index contributed by atoms with van der Waals surface area (Å²) in [5.74, 6) is 2.52. The van der Waals surface area contributed by atoms with Gasteiger partial charge in [0.1, 0.15) is 0 Å². The third kappa shape index (κ3) is 16.2. The Labute approximate surface area is 111 Å². The second-order valence-corrected chi connectivity index (χ2v) is 5.33. The van der Waals surface area contributed by atoms with Gasteiger partial charge < -0.3 is 22.1 Å². The van der Waals surface area contributed by atoms with Crippen LogP contribution in [-0.2, 0) is 0 Å². The van der Waals surface area contributed by atoms with E-state index in [0.29, 0.717) is 0 Å². The first-order valence-corrected chi connectivity index (χ1v) is 7.96. The Morgan fingerprint density at radius 2 is 1.06 bits per heavy atom. The lowest BCUT2D eigenvalue weighted by Gasteiger charge is -2.05. The zero-order chi connectivity index (χ0) is 12.6. The molecule has 0 spiro atoms. The highest BCUT2D eigenvalue weighted by Gasteiger charge is 1.91. The van der Waals surface area contributed by atoms with Gasteiger partial charge in [0.2, 0.25) is 0 Å². The number of thioether (sulfide) groups is 1. The van der Waals surface area contributed by atoms with Crippen LogP contribution in [0.3, 0.4) is 0 Å². The topological polar surface area (TPSA) is 76.1 Å². The lowest BCUT2D eigenvalue weighted by molar-refractivity contribution is 0.644. The standard InChI is InChI=1S/C12H30N4S/c13-5-1-7-15-9-3-11-17-12-4-10-16-8-2-6-14/h15-16H,1-14H2. The van der Waals surface area contributed by atoms with Crippen LogP contribution in [0.15, 0.2) is 0 Å². The summed E-state index contributed by atoms with van der Waals surface area (Å²) in [6, 6.07) is 0. The Bertz CT molecular complexity index is 122. The molecule has 0 aromatic heterocycles. The molecule has 0 atom stereocenters. The molecule has 0 bridgehead atoms. The predicted molar refractivity (Wildman–Crippen MR) is 79.6 cm³/mol. The zero-order valence-electron chi connectivity index (χ0n) is 11.0. The fraction of sp³-hybridized carbons (Fsp3) is 1.00. The van der Waals surface area contributed by atoms with Crippen LogP contribution in [0.2, 0.25) is 0 Å². The van der Waals surface area contributed by atoms with E-state index in [1.54, 1.807) is 0 Å². The second kappa shape index (κ2) is 16.2. The van der Waals surface area contributed by atoms with E-state index in [0.717, 1.165) is 52.1 Å². The summed E-state index contributed by atoms with van der Waals surface area (Å²) in [5.41, 5.74) is 10.8. The minimum absolute atomic E-state index is 0.791. The van der Waals surface area contributed by atoms with E-state index in [1.807, 2.05) is 0 Å². The Hall–Kier alpha value is 0.190. The van der Waals surface area contributed by atoms with Crippen molar-refractivity contribution in [3.63, 3.8) is 0 Å². The minimum Gasteiger partial charge on any atom is -0.330 e. The molecule has 0 heterocycles. The van der Waals surface area contributed by atoms with Crippen molar-refractivity contribution in [3.8, 4) is 0 Å². The largest absolute Gasteiger partial charge is 0.330 e. The smallest absolute Gasteiger partial charge is 0.00369 e. The van der Waals surface area contributed by atoms with Gasteiger partial charge in [0, 0.05) is 0 Å². The Balaban J connectivity index is 2.85. The van der Waals surface area contributed by atoms with E-state index in [4.69, 9.17) is 11.5 Å². The Morgan fingerprint density at radius 1 is 0.647 bits per heavy atom. The molecule has 0 saturated heterocycles. The molecule has 0 amide bonds. The molecule has 0 fully saturated rings. The molecular weight excluding hydrogens is 232 g/mol. The van der Waals surface area contributed by atoms with Crippen LogP contribution < -0.4 is 22.1 Å². The van der Waals surface area contributed by atoms with Crippen molar-refractivity contribution in [2.75, 3.05) is 50.8 Å². The predicted octanol–water partition coefficient (Wildman–Crippen LogP) is 0.377. The van der Waals surface area contributed by atoms with E-state index < -0.39 is 0 Å². The highest BCUT2D eigenvalue weighted by atomic mass is 32.2. The summed E-state index contributed by atoms with van der Waals surface area (Å²) in [7, 11) is 0. The number of rotatable bonds is 14. The molecule has 0 radical (unpaired) electrons. The van der Waals surface area contributed by atoms with Crippen LogP contribution in [0, 0.1) is 0 Å². The molecule has 4 nitrogen and oxygen atoms in total. The Kier molecular flexibility index (Phi) is 16.4. The molecular formula is C12H30N4S. The highest BCUT2D eigenvalue weighted by Crippen LogP contribution is 2.03. The van der Waals surface area contributed by atoms with Gasteiger partial charge in [0.05, 0.1) is 0 Å². The first-order chi connectivity index (χ1) is 8.41. The van der Waals surface area contributed by atoms with Crippen molar-refractivity contribution in [2.45, 2.75) is 25.7 Å². The average Bonchev–Trinajstić information content (AvgIpc) is 2.35. The van der Waals surface area contributed by atoms with Gasteiger partial charge in [-0.1, -0.05) is 0 Å². The summed E-state index contributed by atoms with van der Waals surface area (Å²) in [6.45, 7) is 5.96. The third-order valence-corrected chi connectivity index (χ3v) is 3.55. The van der Waals surface area contributed by atoms with Gasteiger partial charge in [0.25, 0.3) is 0 Å². The zero-order valence-corrected chi connectivity index (χ0v) is 11.9. The first-order valence-electron chi connectivity index (χ1n) is 6.81. The molecule has 0 aromatic carbocycles. The Morgan fingerprint density at radius 3 is 1.47 bits per heavy atom. The van der Waals surface area contributed by atoms with Gasteiger partial charge >= 0.3 is 0 Å². The van der Waals surface area contributed by atoms with Crippen molar-refractivity contribution in [1.82, 2.24) is 10.6 Å². The lowest BCUT2D eigenvalue weighted by Crippen LogP contribution is -2.20. The number of nitrogens with one attached hydrogen (secondary N) is 2. The van der Waals surface area contributed by atoms with Crippen molar-refractivity contribution in [1.29, 1.82) is 0 Å². The lowest BCUT2D eigenvalue weighted by atomic mass is 10.4. The van der Waals surface area contributed by atoms with E-state index in [9.17, 15) is 0 Å². The summed E-state index contributed by atoms with van der Waals surface area (Å²) >= 11 is 2.05. The number of hydrogen-bond donors (Lipinski definition) is 4. The SMILES string of the molecule is NCCCNCCCSCCCNCCCN. The second-order valence-electron chi connectivity index (χ2n) is 4.10. The fourth-order valence-corrected chi connectivity index (χ4v) is 2.31. The van der Waals surface area contributed by atoms with Gasteiger partial charge in [-0.3, -0.25) is 0 Å². The summed E-state index contributed by atoms with van der Waals surface area (Å²) in [6.07, 6.45) is 4.69. The van der Waals surface area contributed by atoms with Gasteiger partial charge in [-0.15, -0.1) is 0 Å². The van der Waals surface area contributed by atoms with Gasteiger partial charge in [0.15, 0.2) is 0 Å². The molecule has 0 aliphatic carbocycles. The molecule has 0 aromatic rings. The van der Waals surface area contributed by atoms with Gasteiger partial charge in [-0.25, -0.2) is 0 Å². The van der Waals surface area contributed by atoms with Crippen molar-refractivity contribution in [3.05, 3.63) is 0 Å². The van der Waals surface area contributed by atoms with Crippen molar-refractivity contribution < 1.29 is 0 Å². The molecule has 5 heteroatoms. The third-order valence-electron chi connectivity index (χ3n) is 2.40. The normalized spacial score (nSPS) is 10.9. The maximum absolute atomic E-state index is 5.41. The van der Waals surface area contributed by atoms with Gasteiger partial charge in [-0.05, 0) is 76.5 Å². The molecule has 104 valence electrons. The maximum Gasteiger partial charge on any atom is -0.00369 e. The van der Waals surface area contributed by atoms with E-state index >= 15 is 0 Å². The van der Waals surface area contributed by atoms with Crippen LogP contribution in [0.5, 0.6) is 0 Å². The fourth-order valence-electron chi connectivity index (χ4n) is 1.40. The molecule has 0 aliphatic heterocycles. The average molecular weight is 262 g/mol. The summed E-state index contributed by atoms with van der Waals surface area (Å²) in [4.78, 5) is 0. The minimum atomic E-state index is 0.791. The summed E-state index contributed by atoms with van der Waals surface area (Å²) < 4.78 is 0. The van der Waals surface area contributed by atoms with Crippen LogP contribution in [0.1, 0.15) is 25.7 Å². The van der Waals surface area contributed by atoms with Crippen LogP contribution in [0.25, 0.3) is 0 Å².